The summed E-state index contributed by atoms with van der Waals surface area (Å²) in [5.41, 5.74) is 11.5. The van der Waals surface area contributed by atoms with Crippen molar-refractivity contribution in [2.24, 2.45) is 29.2 Å². The topological polar surface area (TPSA) is 631 Å². The number of aliphatic hydroxyl groups excluding tert-OH is 3. The molecular formula is C60H88N14O24. The Bertz CT molecular complexity index is 3170. The highest BCUT2D eigenvalue weighted by atomic mass is 16.4. The van der Waals surface area contributed by atoms with Crippen LogP contribution in [0, 0.1) is 17.8 Å². The van der Waals surface area contributed by atoms with E-state index in [4.69, 9.17) is 11.5 Å². The molecule has 24 N–H and O–H groups in total. The fourth-order valence-corrected chi connectivity index (χ4v) is 8.92. The average Bonchev–Trinajstić information content (AvgIpc) is 0.881. The second kappa shape index (κ2) is 40.7. The lowest BCUT2D eigenvalue weighted by Crippen LogP contribution is -2.61. The normalized spacial score (nSPS) is 14.8. The number of aliphatic hydroxyl groups is 3. The monoisotopic (exact) mass is 1390 g/mol. The van der Waals surface area contributed by atoms with Crippen molar-refractivity contribution in [3.8, 4) is 11.5 Å². The van der Waals surface area contributed by atoms with Crippen LogP contribution in [-0.4, -0.2) is 234 Å². The molecule has 38 nitrogen and oxygen atoms in total. The Morgan fingerprint density at radius 1 is 0.388 bits per heavy atom. The Labute approximate surface area is 560 Å². The van der Waals surface area contributed by atoms with Gasteiger partial charge in [-0.25, -0.2) is 4.79 Å². The Hall–Kier alpha value is -10.6. The van der Waals surface area contributed by atoms with Gasteiger partial charge in [0.25, 0.3) is 0 Å². The van der Waals surface area contributed by atoms with Crippen molar-refractivity contribution >= 4 is 94.7 Å². The highest BCUT2D eigenvalue weighted by Gasteiger charge is 2.38. The number of phenols is 2. The highest BCUT2D eigenvalue weighted by Crippen LogP contribution is 2.16. The number of nitrogens with one attached hydrogen (secondary N) is 12. The molecule has 0 aliphatic heterocycles. The SMILES string of the molecule is CC(C)C[C@H](NC(=O)[C@H](CO)NC(=O)[C@@H](N)CC(N)=O)C(=O)N[C@H](C(=O)N[C@@H](Cc1ccc(O)cc1)C(=O)NCC(=O)N[C@@H](C)C(=O)N[C@@H](CO)C(=O)N[C@@H](CC(=O)O)C(=O)N[C@@H](CO)C(=O)N[C@@H](CC(=O)O)C(=O)N[C@H](C(=O)N[C@@H](Cc1ccc(O)cc1)C(=O)O)C(C)C)C(C)C. The van der Waals surface area contributed by atoms with Crippen molar-refractivity contribution < 1.29 is 118 Å². The van der Waals surface area contributed by atoms with E-state index in [1.807, 2.05) is 16.0 Å². The first-order chi connectivity index (χ1) is 45.8. The summed E-state index contributed by atoms with van der Waals surface area (Å²) >= 11 is 0. The van der Waals surface area contributed by atoms with Gasteiger partial charge < -0.3 is 116 Å². The summed E-state index contributed by atoms with van der Waals surface area (Å²) in [5, 5.41) is 105. The predicted molar refractivity (Wildman–Crippen MR) is 338 cm³/mol. The van der Waals surface area contributed by atoms with Crippen molar-refractivity contribution in [3.05, 3.63) is 59.7 Å². The molecule has 542 valence electrons. The summed E-state index contributed by atoms with van der Waals surface area (Å²) in [6.45, 7) is 6.04. The van der Waals surface area contributed by atoms with Gasteiger partial charge in [-0.15, -0.1) is 0 Å². The number of nitrogens with two attached hydrogens (primary N) is 2. The fraction of sp³-hybridized carbons (Fsp3) is 0.533. The van der Waals surface area contributed by atoms with Crippen LogP contribution < -0.4 is 75.3 Å². The third kappa shape index (κ3) is 29.2. The first-order valence-electron chi connectivity index (χ1n) is 30.5. The number of rotatable bonds is 42. The molecule has 2 rings (SSSR count). The molecule has 0 radical (unpaired) electrons. The molecule has 0 unspecified atom stereocenters. The smallest absolute Gasteiger partial charge is 0.326 e. The fourth-order valence-electron chi connectivity index (χ4n) is 8.92. The molecule has 0 aliphatic rings. The van der Waals surface area contributed by atoms with Gasteiger partial charge in [0, 0.05) is 12.8 Å². The van der Waals surface area contributed by atoms with Gasteiger partial charge in [-0.3, -0.25) is 71.9 Å². The lowest BCUT2D eigenvalue weighted by Gasteiger charge is -2.28. The third-order valence-corrected chi connectivity index (χ3v) is 14.3. The van der Waals surface area contributed by atoms with Gasteiger partial charge in [0.15, 0.2) is 0 Å². The minimum atomic E-state index is -2.17. The molecule has 98 heavy (non-hydrogen) atoms. The molecular weight excluding hydrogens is 1300 g/mol. The molecule has 0 aromatic heterocycles. The second-order valence-corrected chi connectivity index (χ2v) is 23.7. The number of carboxylic acid groups (broad SMARTS) is 3. The molecule has 2 aromatic rings. The van der Waals surface area contributed by atoms with E-state index in [-0.39, 0.29) is 36.7 Å². The number of aromatic hydroxyl groups is 2. The Balaban J connectivity index is 2.21. The quantitative estimate of drug-likeness (QED) is 0.0294. The zero-order chi connectivity index (χ0) is 74.4. The number of carbonyl (C=O) groups is 16. The number of phenolic OH excluding ortho intramolecular Hbond substituents is 2. The number of primary amides is 1. The summed E-state index contributed by atoms with van der Waals surface area (Å²) in [7, 11) is 0. The number of amides is 13. The van der Waals surface area contributed by atoms with Crippen LogP contribution in [0.2, 0.25) is 0 Å². The summed E-state index contributed by atoms with van der Waals surface area (Å²) < 4.78 is 0. The minimum Gasteiger partial charge on any atom is -0.508 e. The van der Waals surface area contributed by atoms with E-state index in [1.165, 1.54) is 76.2 Å². The zero-order valence-corrected chi connectivity index (χ0v) is 54.6. The van der Waals surface area contributed by atoms with E-state index in [1.54, 1.807) is 13.8 Å². The maximum absolute atomic E-state index is 14.1. The predicted octanol–water partition coefficient (Wildman–Crippen LogP) is -8.08. The summed E-state index contributed by atoms with van der Waals surface area (Å²) in [6.07, 6.45) is -3.61. The number of hydrogen-bond donors (Lipinski definition) is 22. The molecule has 0 fully saturated rings. The van der Waals surface area contributed by atoms with Crippen molar-refractivity contribution in [2.75, 3.05) is 26.4 Å². The van der Waals surface area contributed by atoms with Crippen molar-refractivity contribution in [1.82, 2.24) is 63.8 Å². The summed E-state index contributed by atoms with van der Waals surface area (Å²) in [6, 6.07) is -9.78. The van der Waals surface area contributed by atoms with Gasteiger partial charge in [0.2, 0.25) is 76.8 Å². The molecule has 0 spiro atoms. The minimum absolute atomic E-state index is 0.0334. The van der Waals surface area contributed by atoms with Gasteiger partial charge in [-0.1, -0.05) is 65.8 Å². The number of hydrogen-bond acceptors (Lipinski definition) is 22. The molecule has 13 amide bonds. The molecule has 0 heterocycles. The van der Waals surface area contributed by atoms with Crippen LogP contribution in [0.25, 0.3) is 0 Å². The van der Waals surface area contributed by atoms with Crippen LogP contribution >= 0.6 is 0 Å². The average molecular weight is 1390 g/mol. The van der Waals surface area contributed by atoms with Gasteiger partial charge in [0.05, 0.1) is 51.7 Å². The van der Waals surface area contributed by atoms with E-state index < -0.39 is 225 Å². The van der Waals surface area contributed by atoms with Crippen molar-refractivity contribution in [3.63, 3.8) is 0 Å². The number of carboxylic acids is 3. The van der Waals surface area contributed by atoms with E-state index >= 15 is 0 Å². The lowest BCUT2D eigenvalue weighted by molar-refractivity contribution is -0.143. The molecule has 0 saturated heterocycles. The van der Waals surface area contributed by atoms with E-state index in [0.717, 1.165) is 6.92 Å². The highest BCUT2D eigenvalue weighted by molar-refractivity contribution is 6.00. The first kappa shape index (κ1) is 83.5. The molecule has 0 aliphatic carbocycles. The second-order valence-electron chi connectivity index (χ2n) is 23.7. The van der Waals surface area contributed by atoms with Gasteiger partial charge in [0.1, 0.15) is 78.0 Å². The zero-order valence-electron chi connectivity index (χ0n) is 54.6. The Kier molecular flexibility index (Phi) is 34.7. The van der Waals surface area contributed by atoms with Gasteiger partial charge in [-0.05, 0) is 66.5 Å². The van der Waals surface area contributed by atoms with Crippen LogP contribution in [-0.2, 0) is 89.6 Å². The maximum Gasteiger partial charge on any atom is 0.326 e. The van der Waals surface area contributed by atoms with E-state index in [9.17, 15) is 118 Å². The van der Waals surface area contributed by atoms with E-state index in [0.29, 0.717) is 11.1 Å². The molecule has 2 aromatic carbocycles. The van der Waals surface area contributed by atoms with Crippen LogP contribution in [0.1, 0.15) is 85.3 Å². The van der Waals surface area contributed by atoms with Gasteiger partial charge in [-0.2, -0.15) is 0 Å². The number of benzene rings is 2. The molecule has 38 heteroatoms. The standard InChI is InChI=1S/C60H88N14O24/c1-26(2)16-35(65-56(93)41(24-76)71-50(87)34(61)19-43(62)80)53(90)73-47(27(3)4)58(95)68-36(17-30-8-12-32(78)13-9-30)51(88)63-22-44(81)64-29(7)49(86)70-40(23-75)55(92)66-37(20-45(82)83)52(89)72-42(25-77)57(94)67-38(21-46(84)85)54(91)74-48(28(5)6)59(96)69-39(60(97)98)18-31-10-14-33(79)15-11-31/h8-15,26-29,34-42,47-48,75-79H,16-25,61H2,1-7H3,(H2,62,80)(H,63,88)(H,64,81)(H,65,93)(H,66,92)(H,67,94)(H,68,95)(H,69,96)(H,70,86)(H,71,87)(H,72,89)(H,73,90)(H,74,91)(H,82,83)(H,84,85)(H,97,98)/t29-,34-,35-,36-,37-,38-,39-,40-,41-,42-,47-,48-/m0/s1. The molecule has 0 saturated carbocycles. The van der Waals surface area contributed by atoms with Crippen LogP contribution in [0.5, 0.6) is 11.5 Å². The van der Waals surface area contributed by atoms with Crippen molar-refractivity contribution in [2.45, 2.75) is 159 Å². The van der Waals surface area contributed by atoms with E-state index in [2.05, 4.69) is 47.9 Å². The molecule has 12 atom stereocenters. The Morgan fingerprint density at radius 2 is 0.724 bits per heavy atom. The maximum atomic E-state index is 14.1. The third-order valence-electron chi connectivity index (χ3n) is 14.3. The van der Waals surface area contributed by atoms with Crippen molar-refractivity contribution in [1.29, 1.82) is 0 Å². The van der Waals surface area contributed by atoms with Gasteiger partial charge >= 0.3 is 17.9 Å². The largest absolute Gasteiger partial charge is 0.508 e. The lowest BCUT2D eigenvalue weighted by atomic mass is 9.98. The summed E-state index contributed by atoms with van der Waals surface area (Å²) in [4.78, 5) is 209. The Morgan fingerprint density at radius 3 is 1.10 bits per heavy atom. The number of carbonyl (C=O) groups excluding carboxylic acids is 13. The number of aliphatic carboxylic acids is 3. The summed E-state index contributed by atoms with van der Waals surface area (Å²) in [5.74, 6) is -21.8. The van der Waals surface area contributed by atoms with Crippen LogP contribution in [0.15, 0.2) is 48.5 Å². The van der Waals surface area contributed by atoms with Crippen LogP contribution in [0.4, 0.5) is 0 Å². The van der Waals surface area contributed by atoms with Crippen LogP contribution in [0.3, 0.4) is 0 Å². The first-order valence-corrected chi connectivity index (χ1v) is 30.5. The molecule has 0 bridgehead atoms.